The Bertz CT molecular complexity index is 792. The third-order valence-electron chi connectivity index (χ3n) is 3.42. The number of hydrogen-bond acceptors (Lipinski definition) is 3. The molecule has 1 heterocycles. The van der Waals surface area contributed by atoms with Gasteiger partial charge in [-0.2, -0.15) is 9.78 Å². The first-order chi connectivity index (χ1) is 11.5. The molecule has 1 aromatic heterocycles. The van der Waals surface area contributed by atoms with E-state index in [1.807, 2.05) is 43.3 Å². The second kappa shape index (κ2) is 8.26. The standard InChI is InChI=1S/C18H19ClN4O/c1-4-15(8-9-20-2)16-7-5-6-14(10-16)12-22(3)18(24)23-13-17(19)11-21-23/h4-11,13H,2,12H2,1,3H3/b9-8-,15-4+. The fourth-order valence-corrected chi connectivity index (χ4v) is 2.40. The molecule has 0 saturated heterocycles. The van der Waals surface area contributed by atoms with E-state index < -0.39 is 0 Å². The van der Waals surface area contributed by atoms with Crippen molar-refractivity contribution in [1.82, 2.24) is 14.7 Å². The van der Waals surface area contributed by atoms with E-state index in [1.54, 1.807) is 18.1 Å². The minimum Gasteiger partial charge on any atom is -0.322 e. The molecule has 24 heavy (non-hydrogen) atoms. The lowest BCUT2D eigenvalue weighted by Crippen LogP contribution is -2.30. The molecule has 6 heteroatoms. The van der Waals surface area contributed by atoms with Crippen LogP contribution >= 0.6 is 11.6 Å². The van der Waals surface area contributed by atoms with Crippen molar-refractivity contribution in [3.05, 3.63) is 71.2 Å². The van der Waals surface area contributed by atoms with Crippen LogP contribution in [0.15, 0.2) is 60.0 Å². The molecule has 2 aromatic rings. The highest BCUT2D eigenvalue weighted by Crippen LogP contribution is 2.18. The smallest absolute Gasteiger partial charge is 0.322 e. The van der Waals surface area contributed by atoms with Crippen LogP contribution in [-0.4, -0.2) is 34.5 Å². The van der Waals surface area contributed by atoms with Gasteiger partial charge in [0, 0.05) is 19.8 Å². The van der Waals surface area contributed by atoms with Crippen molar-refractivity contribution in [3.8, 4) is 0 Å². The van der Waals surface area contributed by atoms with Crippen LogP contribution in [0.25, 0.3) is 5.57 Å². The summed E-state index contributed by atoms with van der Waals surface area (Å²) in [6, 6.07) is 7.76. The van der Waals surface area contributed by atoms with Gasteiger partial charge in [-0.1, -0.05) is 35.9 Å². The van der Waals surface area contributed by atoms with Crippen LogP contribution in [-0.2, 0) is 6.54 Å². The minimum atomic E-state index is -0.241. The summed E-state index contributed by atoms with van der Waals surface area (Å²) in [6.07, 6.45) is 8.47. The molecule has 0 spiro atoms. The third kappa shape index (κ3) is 4.43. The van der Waals surface area contributed by atoms with Crippen LogP contribution in [0.4, 0.5) is 4.79 Å². The topological polar surface area (TPSA) is 50.5 Å². The van der Waals surface area contributed by atoms with Crippen molar-refractivity contribution < 1.29 is 4.79 Å². The predicted molar refractivity (Wildman–Crippen MR) is 98.3 cm³/mol. The summed E-state index contributed by atoms with van der Waals surface area (Å²) in [5.74, 6) is 0. The molecule has 1 amide bonds. The molecule has 0 fully saturated rings. The van der Waals surface area contributed by atoms with Crippen LogP contribution in [0.5, 0.6) is 0 Å². The second-order valence-corrected chi connectivity index (χ2v) is 5.62. The van der Waals surface area contributed by atoms with E-state index in [1.165, 1.54) is 17.1 Å². The summed E-state index contributed by atoms with van der Waals surface area (Å²) in [7, 11) is 1.72. The summed E-state index contributed by atoms with van der Waals surface area (Å²) >= 11 is 5.80. The number of hydrogen-bond donors (Lipinski definition) is 0. The van der Waals surface area contributed by atoms with Gasteiger partial charge >= 0.3 is 6.03 Å². The Hall–Kier alpha value is -2.66. The van der Waals surface area contributed by atoms with Gasteiger partial charge in [-0.25, -0.2) is 4.79 Å². The van der Waals surface area contributed by atoms with E-state index in [2.05, 4.69) is 16.8 Å². The van der Waals surface area contributed by atoms with Gasteiger partial charge in [-0.15, -0.1) is 0 Å². The predicted octanol–water partition coefficient (Wildman–Crippen LogP) is 4.25. The van der Waals surface area contributed by atoms with Crippen LogP contribution in [0.1, 0.15) is 18.1 Å². The monoisotopic (exact) mass is 342 g/mol. The SMILES string of the molecule is C=N/C=C\C(=C/C)c1cccc(CN(C)C(=O)n2cc(Cl)cn2)c1. The molecule has 0 aliphatic rings. The molecule has 0 N–H and O–H groups in total. The second-order valence-electron chi connectivity index (χ2n) is 5.18. The van der Waals surface area contributed by atoms with Crippen LogP contribution in [0.3, 0.4) is 0 Å². The van der Waals surface area contributed by atoms with Crippen molar-refractivity contribution in [2.45, 2.75) is 13.5 Å². The summed E-state index contributed by atoms with van der Waals surface area (Å²) in [5.41, 5.74) is 3.11. The number of carbonyl (C=O) groups is 1. The van der Waals surface area contributed by atoms with Gasteiger partial charge in [0.15, 0.2) is 0 Å². The van der Waals surface area contributed by atoms with Gasteiger partial charge in [0.1, 0.15) is 0 Å². The summed E-state index contributed by atoms with van der Waals surface area (Å²) in [6.45, 7) is 5.87. The van der Waals surface area contributed by atoms with Gasteiger partial charge < -0.3 is 4.90 Å². The first kappa shape index (κ1) is 17.7. The molecule has 0 aliphatic carbocycles. The van der Waals surface area contributed by atoms with Crippen molar-refractivity contribution in [1.29, 1.82) is 0 Å². The highest BCUT2D eigenvalue weighted by atomic mass is 35.5. The molecule has 5 nitrogen and oxygen atoms in total. The number of amides is 1. The maximum Gasteiger partial charge on any atom is 0.344 e. The van der Waals surface area contributed by atoms with Gasteiger partial charge in [-0.05, 0) is 42.5 Å². The lowest BCUT2D eigenvalue weighted by atomic mass is 10.0. The number of nitrogens with zero attached hydrogens (tertiary/aromatic N) is 4. The lowest BCUT2D eigenvalue weighted by Gasteiger charge is -2.17. The van der Waals surface area contributed by atoms with E-state index in [-0.39, 0.29) is 6.03 Å². The van der Waals surface area contributed by atoms with Crippen LogP contribution in [0, 0.1) is 0 Å². The number of benzene rings is 1. The lowest BCUT2D eigenvalue weighted by molar-refractivity contribution is 0.205. The number of aromatic nitrogens is 2. The Morgan fingerprint density at radius 2 is 2.29 bits per heavy atom. The van der Waals surface area contributed by atoms with Crippen molar-refractivity contribution in [2.24, 2.45) is 4.99 Å². The third-order valence-corrected chi connectivity index (χ3v) is 3.62. The first-order valence-electron chi connectivity index (χ1n) is 7.38. The molecule has 0 saturated carbocycles. The zero-order valence-corrected chi connectivity index (χ0v) is 14.4. The highest BCUT2D eigenvalue weighted by Gasteiger charge is 2.13. The van der Waals surface area contributed by atoms with Gasteiger partial charge in [0.25, 0.3) is 0 Å². The molecule has 2 rings (SSSR count). The number of carbonyl (C=O) groups excluding carboxylic acids is 1. The maximum absolute atomic E-state index is 12.3. The maximum atomic E-state index is 12.3. The Morgan fingerprint density at radius 3 is 2.92 bits per heavy atom. The zero-order valence-electron chi connectivity index (χ0n) is 13.7. The average Bonchev–Trinajstić information content (AvgIpc) is 3.01. The Kier molecular flexibility index (Phi) is 6.09. The molecule has 1 aromatic carbocycles. The molecule has 0 radical (unpaired) electrons. The van der Waals surface area contributed by atoms with E-state index >= 15 is 0 Å². The van der Waals surface area contributed by atoms with Crippen LogP contribution < -0.4 is 0 Å². The number of aliphatic imine (C=N–C) groups is 1. The number of halogens is 1. The summed E-state index contributed by atoms with van der Waals surface area (Å²) < 4.78 is 1.22. The molecule has 0 unspecified atom stereocenters. The molecule has 0 aliphatic heterocycles. The zero-order chi connectivity index (χ0) is 17.5. The van der Waals surface area contributed by atoms with Crippen molar-refractivity contribution in [3.63, 3.8) is 0 Å². The van der Waals surface area contributed by atoms with E-state index in [4.69, 9.17) is 11.6 Å². The molecular formula is C18H19ClN4O. The fraction of sp³-hybridized carbons (Fsp3) is 0.167. The average molecular weight is 343 g/mol. The quantitative estimate of drug-likeness (QED) is 0.602. The number of allylic oxidation sites excluding steroid dienone is 3. The van der Waals surface area contributed by atoms with E-state index in [0.717, 1.165) is 16.7 Å². The Morgan fingerprint density at radius 1 is 1.50 bits per heavy atom. The largest absolute Gasteiger partial charge is 0.344 e. The fourth-order valence-electron chi connectivity index (χ4n) is 2.26. The van der Waals surface area contributed by atoms with E-state index in [9.17, 15) is 4.79 Å². The Balaban J connectivity index is 2.15. The molecule has 0 atom stereocenters. The normalized spacial score (nSPS) is 11.7. The Labute approximate surface area is 146 Å². The van der Waals surface area contributed by atoms with Crippen molar-refractivity contribution >= 4 is 29.9 Å². The molecule has 0 bridgehead atoms. The minimum absolute atomic E-state index is 0.241. The van der Waals surface area contributed by atoms with Gasteiger partial charge in [0.05, 0.1) is 17.4 Å². The highest BCUT2D eigenvalue weighted by molar-refractivity contribution is 6.30. The number of rotatable bonds is 5. The molecular weight excluding hydrogens is 324 g/mol. The summed E-state index contributed by atoms with van der Waals surface area (Å²) in [4.78, 5) is 17.6. The van der Waals surface area contributed by atoms with Gasteiger partial charge in [-0.3, -0.25) is 4.99 Å². The van der Waals surface area contributed by atoms with Crippen LogP contribution in [0.2, 0.25) is 5.02 Å². The van der Waals surface area contributed by atoms with Gasteiger partial charge in [0.2, 0.25) is 0 Å². The van der Waals surface area contributed by atoms with E-state index in [0.29, 0.717) is 11.6 Å². The first-order valence-corrected chi connectivity index (χ1v) is 7.76. The summed E-state index contributed by atoms with van der Waals surface area (Å²) in [5, 5.41) is 4.36. The van der Waals surface area contributed by atoms with Crippen molar-refractivity contribution in [2.75, 3.05) is 7.05 Å². The molecule has 124 valence electrons.